The van der Waals surface area contributed by atoms with Crippen LogP contribution in [0.4, 0.5) is 5.69 Å². The molecular formula is C13H14BrN. The molecule has 78 valence electrons. The second-order valence-corrected chi connectivity index (χ2v) is 4.66. The van der Waals surface area contributed by atoms with Crippen LogP contribution in [0.2, 0.25) is 0 Å². The van der Waals surface area contributed by atoms with Gasteiger partial charge in [0.2, 0.25) is 0 Å². The molecule has 1 aliphatic rings. The van der Waals surface area contributed by atoms with Gasteiger partial charge in [-0.2, -0.15) is 0 Å². The molecule has 0 saturated heterocycles. The molecule has 1 N–H and O–H groups in total. The Bertz CT molecular complexity index is 390. The highest BCUT2D eigenvalue weighted by molar-refractivity contribution is 9.10. The molecule has 0 bridgehead atoms. The molecule has 0 heterocycles. The second-order valence-electron chi connectivity index (χ2n) is 3.75. The molecule has 0 spiro atoms. The van der Waals surface area contributed by atoms with E-state index in [0.717, 1.165) is 10.9 Å². The summed E-state index contributed by atoms with van der Waals surface area (Å²) in [7, 11) is 0. The van der Waals surface area contributed by atoms with Gasteiger partial charge in [-0.3, -0.25) is 0 Å². The van der Waals surface area contributed by atoms with Crippen LogP contribution in [0.5, 0.6) is 0 Å². The molecule has 2 rings (SSSR count). The number of allylic oxidation sites excluding steroid dienone is 3. The minimum Gasteiger partial charge on any atom is -0.379 e. The van der Waals surface area contributed by atoms with Gasteiger partial charge in [-0.05, 0) is 43.2 Å². The maximum absolute atomic E-state index is 3.48. The summed E-state index contributed by atoms with van der Waals surface area (Å²) in [5, 5.41) is 3.48. The van der Waals surface area contributed by atoms with Crippen LogP contribution in [0.25, 0.3) is 0 Å². The van der Waals surface area contributed by atoms with Crippen LogP contribution in [0.3, 0.4) is 0 Å². The molecule has 0 fully saturated rings. The van der Waals surface area contributed by atoms with E-state index >= 15 is 0 Å². The molecule has 1 aromatic carbocycles. The highest BCUT2D eigenvalue weighted by atomic mass is 79.9. The summed E-state index contributed by atoms with van der Waals surface area (Å²) in [6, 6.07) is 8.68. The van der Waals surface area contributed by atoms with Crippen LogP contribution in [-0.4, -0.2) is 6.04 Å². The number of hydrogen-bond donors (Lipinski definition) is 1. The van der Waals surface area contributed by atoms with Crippen LogP contribution >= 0.6 is 15.9 Å². The Balaban J connectivity index is 1.99. The molecule has 1 unspecified atom stereocenters. The van der Waals surface area contributed by atoms with Crippen molar-refractivity contribution in [1.82, 2.24) is 0 Å². The Labute approximate surface area is 99.0 Å². The molecule has 2 heteroatoms. The van der Waals surface area contributed by atoms with E-state index in [1.54, 1.807) is 0 Å². The lowest BCUT2D eigenvalue weighted by atomic mass is 10.1. The van der Waals surface area contributed by atoms with Crippen LogP contribution in [-0.2, 0) is 0 Å². The van der Waals surface area contributed by atoms with Crippen molar-refractivity contribution in [3.05, 3.63) is 52.5 Å². The molecule has 0 amide bonds. The van der Waals surface area contributed by atoms with Crippen molar-refractivity contribution in [2.45, 2.75) is 19.4 Å². The standard InChI is InChI=1S/C13H14BrN/c1-10(11-4-2-3-5-11)15-13-8-6-12(14)7-9-13/h2-4,6-10,15H,5H2,1H3. The van der Waals surface area contributed by atoms with Gasteiger partial charge in [-0.15, -0.1) is 0 Å². The third-order valence-electron chi connectivity index (χ3n) is 2.58. The highest BCUT2D eigenvalue weighted by Crippen LogP contribution is 2.20. The summed E-state index contributed by atoms with van der Waals surface area (Å²) in [5.41, 5.74) is 2.61. The molecule has 1 aromatic rings. The Morgan fingerprint density at radius 1 is 1.27 bits per heavy atom. The smallest absolute Gasteiger partial charge is 0.0451 e. The zero-order valence-corrected chi connectivity index (χ0v) is 10.3. The first kappa shape index (κ1) is 10.5. The molecule has 15 heavy (non-hydrogen) atoms. The molecule has 0 aromatic heterocycles. The van der Waals surface area contributed by atoms with Gasteiger partial charge >= 0.3 is 0 Å². The normalized spacial score (nSPS) is 16.3. The predicted molar refractivity (Wildman–Crippen MR) is 69.1 cm³/mol. The maximum atomic E-state index is 3.48. The van der Waals surface area contributed by atoms with Gasteiger partial charge in [0.25, 0.3) is 0 Å². The van der Waals surface area contributed by atoms with Crippen LogP contribution < -0.4 is 5.32 Å². The van der Waals surface area contributed by atoms with Crippen molar-refractivity contribution in [1.29, 1.82) is 0 Å². The van der Waals surface area contributed by atoms with Crippen molar-refractivity contribution >= 4 is 21.6 Å². The summed E-state index contributed by atoms with van der Waals surface area (Å²) in [5.74, 6) is 0. The SMILES string of the molecule is CC(Nc1ccc(Br)cc1)C1=CC=CC1. The molecule has 1 nitrogen and oxygen atoms in total. The van der Waals surface area contributed by atoms with Gasteiger partial charge in [-0.1, -0.05) is 34.2 Å². The van der Waals surface area contributed by atoms with Crippen molar-refractivity contribution in [2.24, 2.45) is 0 Å². The largest absolute Gasteiger partial charge is 0.379 e. The van der Waals surface area contributed by atoms with E-state index in [4.69, 9.17) is 0 Å². The van der Waals surface area contributed by atoms with E-state index in [-0.39, 0.29) is 0 Å². The fraction of sp³-hybridized carbons (Fsp3) is 0.231. The topological polar surface area (TPSA) is 12.0 Å². The van der Waals surface area contributed by atoms with Crippen molar-refractivity contribution < 1.29 is 0 Å². The predicted octanol–water partition coefficient (Wildman–Crippen LogP) is 4.14. The molecular weight excluding hydrogens is 250 g/mol. The average Bonchev–Trinajstić information content (AvgIpc) is 2.74. The van der Waals surface area contributed by atoms with E-state index < -0.39 is 0 Å². The summed E-state index contributed by atoms with van der Waals surface area (Å²) >= 11 is 3.43. The summed E-state index contributed by atoms with van der Waals surface area (Å²) in [6.07, 6.45) is 7.57. The zero-order valence-electron chi connectivity index (χ0n) is 8.70. The third-order valence-corrected chi connectivity index (χ3v) is 3.11. The first-order valence-electron chi connectivity index (χ1n) is 5.13. The number of nitrogens with one attached hydrogen (secondary N) is 1. The molecule has 0 radical (unpaired) electrons. The lowest BCUT2D eigenvalue weighted by Gasteiger charge is -2.16. The van der Waals surface area contributed by atoms with E-state index in [0.29, 0.717) is 6.04 Å². The number of hydrogen-bond acceptors (Lipinski definition) is 1. The van der Waals surface area contributed by atoms with Gasteiger partial charge in [0.1, 0.15) is 0 Å². The van der Waals surface area contributed by atoms with Gasteiger partial charge in [0.15, 0.2) is 0 Å². The quantitative estimate of drug-likeness (QED) is 0.865. The Morgan fingerprint density at radius 3 is 2.60 bits per heavy atom. The number of halogens is 1. The minimum absolute atomic E-state index is 0.404. The summed E-state index contributed by atoms with van der Waals surface area (Å²) in [6.45, 7) is 2.20. The average molecular weight is 264 g/mol. The number of anilines is 1. The fourth-order valence-corrected chi connectivity index (χ4v) is 1.94. The van der Waals surface area contributed by atoms with E-state index in [1.165, 1.54) is 11.3 Å². The Hall–Kier alpha value is -1.02. The van der Waals surface area contributed by atoms with Crippen LogP contribution in [0, 0.1) is 0 Å². The zero-order chi connectivity index (χ0) is 10.7. The molecule has 1 aliphatic carbocycles. The van der Waals surface area contributed by atoms with Crippen LogP contribution in [0.15, 0.2) is 52.5 Å². The van der Waals surface area contributed by atoms with Gasteiger partial charge in [0.05, 0.1) is 0 Å². The van der Waals surface area contributed by atoms with E-state index in [2.05, 4.69) is 70.7 Å². The fourth-order valence-electron chi connectivity index (χ4n) is 1.67. The molecule has 0 saturated carbocycles. The van der Waals surface area contributed by atoms with Gasteiger partial charge in [0, 0.05) is 16.2 Å². The lowest BCUT2D eigenvalue weighted by molar-refractivity contribution is 0.899. The summed E-state index contributed by atoms with van der Waals surface area (Å²) in [4.78, 5) is 0. The first-order chi connectivity index (χ1) is 7.25. The van der Waals surface area contributed by atoms with Crippen LogP contribution in [0.1, 0.15) is 13.3 Å². The van der Waals surface area contributed by atoms with Crippen molar-refractivity contribution in [3.8, 4) is 0 Å². The van der Waals surface area contributed by atoms with Crippen molar-refractivity contribution in [3.63, 3.8) is 0 Å². The minimum atomic E-state index is 0.404. The first-order valence-corrected chi connectivity index (χ1v) is 5.93. The molecule has 1 atom stereocenters. The Kier molecular flexibility index (Phi) is 3.27. The summed E-state index contributed by atoms with van der Waals surface area (Å²) < 4.78 is 1.11. The van der Waals surface area contributed by atoms with Gasteiger partial charge in [-0.25, -0.2) is 0 Å². The third kappa shape index (κ3) is 2.72. The van der Waals surface area contributed by atoms with Gasteiger partial charge < -0.3 is 5.32 Å². The highest BCUT2D eigenvalue weighted by Gasteiger charge is 2.08. The maximum Gasteiger partial charge on any atom is 0.0451 e. The lowest BCUT2D eigenvalue weighted by Crippen LogP contribution is -2.16. The molecule has 0 aliphatic heterocycles. The number of benzene rings is 1. The van der Waals surface area contributed by atoms with E-state index in [1.807, 2.05) is 0 Å². The van der Waals surface area contributed by atoms with E-state index in [9.17, 15) is 0 Å². The number of rotatable bonds is 3. The Morgan fingerprint density at radius 2 is 2.00 bits per heavy atom. The monoisotopic (exact) mass is 263 g/mol. The van der Waals surface area contributed by atoms with Crippen molar-refractivity contribution in [2.75, 3.05) is 5.32 Å². The second kappa shape index (κ2) is 4.67.